The number of nitrogens with two attached hydrogens (primary N) is 1. The van der Waals surface area contributed by atoms with Crippen LogP contribution in [0.1, 0.15) is 41.6 Å². The summed E-state index contributed by atoms with van der Waals surface area (Å²) in [7, 11) is 0. The predicted molar refractivity (Wildman–Crippen MR) is 149 cm³/mol. The molecule has 0 aromatic heterocycles. The molecule has 202 valence electrons. The van der Waals surface area contributed by atoms with Crippen molar-refractivity contribution in [2.75, 3.05) is 39.3 Å². The number of halogens is 2. The smallest absolute Gasteiger partial charge is 0.159 e. The normalized spacial score (nSPS) is 24.6. The monoisotopic (exact) mass is 512 g/mol. The molecular weight excluding hydrogens is 470 g/mol. The van der Waals surface area contributed by atoms with Gasteiger partial charge in [0, 0.05) is 52.9 Å². The largest absolute Gasteiger partial charge is 0.383 e. The van der Waals surface area contributed by atoms with Crippen molar-refractivity contribution in [3.63, 3.8) is 0 Å². The Morgan fingerprint density at radius 3 is 2.65 bits per heavy atom. The minimum absolute atomic E-state index is 0. The van der Waals surface area contributed by atoms with E-state index in [1.54, 1.807) is 6.92 Å². The fraction of sp³-hybridized carbons (Fsp3) is 0.483. The van der Waals surface area contributed by atoms with Gasteiger partial charge in [-0.05, 0) is 70.0 Å². The molecule has 37 heavy (non-hydrogen) atoms. The Morgan fingerprint density at radius 1 is 1.27 bits per heavy atom. The molecule has 3 aliphatic heterocycles. The topological polar surface area (TPSA) is 68.9 Å². The molecule has 6 nitrogen and oxygen atoms in total. The summed E-state index contributed by atoms with van der Waals surface area (Å²) in [5.74, 6) is -1.81. The number of hydrogen-bond acceptors (Lipinski definition) is 6. The zero-order valence-corrected chi connectivity index (χ0v) is 22.6. The van der Waals surface area contributed by atoms with Gasteiger partial charge in [-0.2, -0.15) is 0 Å². The summed E-state index contributed by atoms with van der Waals surface area (Å²) in [4.78, 5) is 9.99. The fourth-order valence-corrected chi connectivity index (χ4v) is 5.14. The maximum atomic E-state index is 14.0. The maximum Gasteiger partial charge on any atom is 0.159 e. The Morgan fingerprint density at radius 2 is 2.00 bits per heavy atom. The van der Waals surface area contributed by atoms with Gasteiger partial charge < -0.3 is 16.4 Å². The molecule has 0 amide bonds. The Bertz CT molecular complexity index is 1160. The van der Waals surface area contributed by atoms with Crippen LogP contribution in [0, 0.1) is 11.6 Å². The summed E-state index contributed by atoms with van der Waals surface area (Å²) in [5, 5.41) is 7.00. The summed E-state index contributed by atoms with van der Waals surface area (Å²) < 4.78 is 27.5. The Hall–Kier alpha value is -2.81. The first-order valence-corrected chi connectivity index (χ1v) is 13.1. The lowest BCUT2D eigenvalue weighted by Crippen LogP contribution is -2.50. The second kappa shape index (κ2) is 10.9. The van der Waals surface area contributed by atoms with Gasteiger partial charge in [-0.1, -0.05) is 18.2 Å². The van der Waals surface area contributed by atoms with E-state index in [2.05, 4.69) is 53.4 Å². The van der Waals surface area contributed by atoms with Gasteiger partial charge in [0.05, 0.1) is 28.2 Å². The number of rotatable bonds is 8. The van der Waals surface area contributed by atoms with Crippen molar-refractivity contribution < 1.29 is 10.2 Å². The lowest BCUT2D eigenvalue weighted by Gasteiger charge is -2.37. The summed E-state index contributed by atoms with van der Waals surface area (Å²) in [6.45, 7) is 16.5. The van der Waals surface area contributed by atoms with Gasteiger partial charge in [0.15, 0.2) is 11.6 Å². The molecule has 2 atom stereocenters. The first-order valence-electron chi connectivity index (χ1n) is 13.1. The van der Waals surface area contributed by atoms with Crippen LogP contribution in [0.4, 0.5) is 8.78 Å². The number of hydrogen-bond donors (Lipinski definition) is 3. The highest BCUT2D eigenvalue weighted by molar-refractivity contribution is 6.11. The van der Waals surface area contributed by atoms with Crippen molar-refractivity contribution in [1.29, 1.82) is 0 Å². The van der Waals surface area contributed by atoms with Crippen molar-refractivity contribution in [2.45, 2.75) is 51.7 Å². The number of nitrogens with zero attached hydrogens (tertiary/aromatic N) is 3. The highest BCUT2D eigenvalue weighted by Crippen LogP contribution is 2.34. The van der Waals surface area contributed by atoms with E-state index in [4.69, 9.17) is 10.7 Å². The van der Waals surface area contributed by atoms with Crippen molar-refractivity contribution in [3.8, 4) is 0 Å². The summed E-state index contributed by atoms with van der Waals surface area (Å²) in [5.41, 5.74) is 8.96. The Kier molecular flexibility index (Phi) is 8.02. The van der Waals surface area contributed by atoms with Crippen LogP contribution in [0.15, 0.2) is 70.7 Å². The molecule has 0 saturated carbocycles. The molecule has 0 spiro atoms. The van der Waals surface area contributed by atoms with E-state index in [-0.39, 0.29) is 1.43 Å². The molecule has 3 aliphatic rings. The van der Waals surface area contributed by atoms with Crippen LogP contribution in [0.3, 0.4) is 0 Å². The van der Waals surface area contributed by atoms with Gasteiger partial charge in [0.25, 0.3) is 0 Å². The van der Waals surface area contributed by atoms with Crippen LogP contribution in [-0.2, 0) is 5.54 Å². The number of allylic oxidation sites excluding steroid dienone is 3. The van der Waals surface area contributed by atoms with E-state index in [1.807, 2.05) is 25.3 Å². The van der Waals surface area contributed by atoms with Crippen LogP contribution in [-0.4, -0.2) is 66.4 Å². The molecule has 1 aromatic carbocycles. The highest BCUT2D eigenvalue weighted by atomic mass is 19.2. The van der Waals surface area contributed by atoms with E-state index in [0.29, 0.717) is 17.3 Å². The lowest BCUT2D eigenvalue weighted by atomic mass is 9.80. The number of aliphatic imine (C=N–C) groups is 1. The van der Waals surface area contributed by atoms with Gasteiger partial charge in [-0.3, -0.25) is 14.8 Å². The minimum Gasteiger partial charge on any atom is -0.383 e. The van der Waals surface area contributed by atoms with E-state index in [1.165, 1.54) is 6.07 Å². The van der Waals surface area contributed by atoms with Crippen molar-refractivity contribution >= 4 is 5.71 Å². The summed E-state index contributed by atoms with van der Waals surface area (Å²) >= 11 is 0. The molecule has 1 saturated heterocycles. The van der Waals surface area contributed by atoms with Crippen LogP contribution in [0.2, 0.25) is 0 Å². The van der Waals surface area contributed by atoms with E-state index in [9.17, 15) is 8.78 Å². The third kappa shape index (κ3) is 5.87. The molecule has 8 heteroatoms. The zero-order chi connectivity index (χ0) is 26.8. The fourth-order valence-electron chi connectivity index (χ4n) is 5.14. The summed E-state index contributed by atoms with van der Waals surface area (Å²) in [6, 6.07) is 4.39. The molecule has 0 radical (unpaired) electrons. The van der Waals surface area contributed by atoms with E-state index in [0.717, 1.165) is 68.4 Å². The molecule has 3 heterocycles. The van der Waals surface area contributed by atoms with Gasteiger partial charge in [-0.25, -0.2) is 8.78 Å². The Balaban J connectivity index is 0.00000400. The molecule has 4 N–H and O–H groups in total. The van der Waals surface area contributed by atoms with Gasteiger partial charge in [-0.15, -0.1) is 0 Å². The molecule has 0 aliphatic carbocycles. The molecule has 4 rings (SSSR count). The average Bonchev–Trinajstić information content (AvgIpc) is 2.86. The molecular formula is C29H42F2N6. The third-order valence-electron chi connectivity index (χ3n) is 7.71. The van der Waals surface area contributed by atoms with E-state index >= 15 is 0 Å². The van der Waals surface area contributed by atoms with Crippen molar-refractivity contribution in [1.82, 2.24) is 20.4 Å². The van der Waals surface area contributed by atoms with Crippen LogP contribution in [0.5, 0.6) is 0 Å². The van der Waals surface area contributed by atoms with Crippen molar-refractivity contribution in [3.05, 3.63) is 82.9 Å². The lowest BCUT2D eigenvalue weighted by molar-refractivity contribution is 0.110. The molecule has 1 fully saturated rings. The number of nitrogens with one attached hydrogen (secondary N) is 2. The van der Waals surface area contributed by atoms with Crippen LogP contribution in [0.25, 0.3) is 0 Å². The van der Waals surface area contributed by atoms with Gasteiger partial charge in [0.2, 0.25) is 0 Å². The number of fused-ring (bicyclic) bond motifs is 1. The number of piperazine rings is 1. The van der Waals surface area contributed by atoms with Gasteiger partial charge >= 0.3 is 0 Å². The SMILES string of the molecule is C/C=C(/C1=NC2=CC(NCCN3CCN(C(C)C)CC3)=CNC2(C)C=C1)C(C)(N)c1ccc(F)c(F)c1.[HH]. The van der Waals surface area contributed by atoms with Gasteiger partial charge in [0.1, 0.15) is 0 Å². The zero-order valence-electron chi connectivity index (χ0n) is 22.6. The quantitative estimate of drug-likeness (QED) is 0.491. The summed E-state index contributed by atoms with van der Waals surface area (Å²) in [6.07, 6.45) is 9.95. The highest BCUT2D eigenvalue weighted by Gasteiger charge is 2.35. The molecule has 0 bridgehead atoms. The minimum atomic E-state index is -1.06. The first kappa shape index (κ1) is 27.2. The van der Waals surface area contributed by atoms with Crippen molar-refractivity contribution in [2.24, 2.45) is 10.7 Å². The number of dihydropyridines is 2. The number of benzene rings is 1. The Labute approximate surface area is 221 Å². The average molecular weight is 513 g/mol. The third-order valence-corrected chi connectivity index (χ3v) is 7.71. The first-order chi connectivity index (χ1) is 17.5. The second-order valence-corrected chi connectivity index (χ2v) is 10.7. The standard InChI is InChI=1S/C29H40F2N6.H2/c1-6-23(29(5,32)21-7-8-24(30)25(31)17-21)26-9-10-28(4)27(35-26)18-22(19-34-28)33-11-12-36-13-15-37(16-14-36)20(2)3;/h6-10,17-20,33-34H,11-16,32H2,1-5H3;1H/b23-6-;. The van der Waals surface area contributed by atoms with E-state index < -0.39 is 22.7 Å². The molecule has 2 unspecified atom stereocenters. The van der Waals surface area contributed by atoms with Crippen LogP contribution >= 0.6 is 0 Å². The molecule has 1 aromatic rings. The predicted octanol–water partition coefficient (Wildman–Crippen LogP) is 4.04. The second-order valence-electron chi connectivity index (χ2n) is 10.7. The maximum absolute atomic E-state index is 14.0. The van der Waals surface area contributed by atoms with Crippen LogP contribution < -0.4 is 16.4 Å².